The molecule has 94 valence electrons. The van der Waals surface area contributed by atoms with Crippen molar-refractivity contribution in [1.29, 1.82) is 0 Å². The molecular weight excluding hydrogens is 214 g/mol. The van der Waals surface area contributed by atoms with Gasteiger partial charge in [-0.05, 0) is 38.8 Å². The second-order valence-electron chi connectivity index (χ2n) is 4.85. The third-order valence-electron chi connectivity index (χ3n) is 3.05. The Morgan fingerprint density at radius 3 is 3.06 bits per heavy atom. The van der Waals surface area contributed by atoms with Crippen LogP contribution in [0.5, 0.6) is 0 Å². The van der Waals surface area contributed by atoms with E-state index in [2.05, 4.69) is 29.0 Å². The largest absolute Gasteiger partial charge is 0.394 e. The molecule has 0 aromatic carbocycles. The van der Waals surface area contributed by atoms with Gasteiger partial charge in [-0.1, -0.05) is 6.07 Å². The van der Waals surface area contributed by atoms with Crippen molar-refractivity contribution in [3.8, 4) is 0 Å². The van der Waals surface area contributed by atoms with Crippen LogP contribution in [0.3, 0.4) is 0 Å². The fraction of sp³-hybridized carbons (Fsp3) is 0.615. The van der Waals surface area contributed by atoms with Crippen molar-refractivity contribution in [2.24, 2.45) is 0 Å². The summed E-state index contributed by atoms with van der Waals surface area (Å²) in [4.78, 5) is 6.80. The number of aromatic nitrogens is 1. The maximum atomic E-state index is 9.33. The molecule has 1 atom stereocenters. The van der Waals surface area contributed by atoms with Gasteiger partial charge in [0.2, 0.25) is 0 Å². The van der Waals surface area contributed by atoms with E-state index in [0.717, 1.165) is 31.0 Å². The second-order valence-corrected chi connectivity index (χ2v) is 4.85. The number of aliphatic hydroxyl groups excluding tert-OH is 1. The number of hydrogen-bond donors (Lipinski definition) is 2. The molecule has 1 aliphatic rings. The summed E-state index contributed by atoms with van der Waals surface area (Å²) in [7, 11) is 0. The van der Waals surface area contributed by atoms with Gasteiger partial charge in [0, 0.05) is 12.6 Å². The topological polar surface area (TPSA) is 48.4 Å². The fourth-order valence-electron chi connectivity index (χ4n) is 2.29. The first kappa shape index (κ1) is 12.2. The molecule has 0 spiro atoms. The third kappa shape index (κ3) is 2.88. The van der Waals surface area contributed by atoms with Crippen molar-refractivity contribution in [2.45, 2.75) is 38.8 Å². The molecule has 0 saturated carbocycles. The average molecular weight is 235 g/mol. The monoisotopic (exact) mass is 235 g/mol. The standard InChI is InChI=1S/C13H21N3O/c1-10(2)14-12-6-3-7-13(15-12)16-8-4-5-11(16)9-17/h3,6-7,10-11,17H,4-5,8-9H2,1-2H3,(H,14,15)/t11-/m1/s1. The molecule has 1 saturated heterocycles. The summed E-state index contributed by atoms with van der Waals surface area (Å²) in [6, 6.07) is 6.62. The molecule has 1 aromatic heterocycles. The van der Waals surface area contributed by atoms with Crippen LogP contribution in [-0.2, 0) is 0 Å². The van der Waals surface area contributed by atoms with E-state index >= 15 is 0 Å². The zero-order valence-electron chi connectivity index (χ0n) is 10.6. The molecule has 2 heterocycles. The van der Waals surface area contributed by atoms with Crippen molar-refractivity contribution in [3.63, 3.8) is 0 Å². The zero-order valence-corrected chi connectivity index (χ0v) is 10.6. The lowest BCUT2D eigenvalue weighted by Crippen LogP contribution is -2.32. The Morgan fingerprint density at radius 2 is 2.35 bits per heavy atom. The molecule has 17 heavy (non-hydrogen) atoms. The van der Waals surface area contributed by atoms with Gasteiger partial charge >= 0.3 is 0 Å². The molecule has 1 fully saturated rings. The van der Waals surface area contributed by atoms with E-state index in [1.165, 1.54) is 0 Å². The Balaban J connectivity index is 2.15. The first-order chi connectivity index (χ1) is 8.20. The Bertz CT molecular complexity index is 367. The molecule has 2 rings (SSSR count). The van der Waals surface area contributed by atoms with Gasteiger partial charge in [0.15, 0.2) is 0 Å². The highest BCUT2D eigenvalue weighted by atomic mass is 16.3. The van der Waals surface area contributed by atoms with Gasteiger partial charge in [-0.2, -0.15) is 0 Å². The predicted octanol–water partition coefficient (Wildman–Crippen LogP) is 1.86. The van der Waals surface area contributed by atoms with Crippen LogP contribution in [0.25, 0.3) is 0 Å². The molecule has 4 nitrogen and oxygen atoms in total. The van der Waals surface area contributed by atoms with E-state index in [1.807, 2.05) is 18.2 Å². The van der Waals surface area contributed by atoms with Crippen LogP contribution in [0, 0.1) is 0 Å². The summed E-state index contributed by atoms with van der Waals surface area (Å²) in [5, 5.41) is 12.6. The Labute approximate surface area is 103 Å². The van der Waals surface area contributed by atoms with Crippen LogP contribution >= 0.6 is 0 Å². The lowest BCUT2D eigenvalue weighted by molar-refractivity contribution is 0.266. The first-order valence-corrected chi connectivity index (χ1v) is 6.32. The second kappa shape index (κ2) is 5.36. The Hall–Kier alpha value is -1.29. The first-order valence-electron chi connectivity index (χ1n) is 6.32. The summed E-state index contributed by atoms with van der Waals surface area (Å²) in [5.74, 6) is 1.87. The molecule has 0 bridgehead atoms. The van der Waals surface area contributed by atoms with Gasteiger partial charge in [-0.3, -0.25) is 0 Å². The van der Waals surface area contributed by atoms with Crippen LogP contribution in [-0.4, -0.2) is 35.3 Å². The summed E-state index contributed by atoms with van der Waals surface area (Å²) < 4.78 is 0. The minimum Gasteiger partial charge on any atom is -0.394 e. The van der Waals surface area contributed by atoms with Crippen molar-refractivity contribution < 1.29 is 5.11 Å². The van der Waals surface area contributed by atoms with Gasteiger partial charge in [0.05, 0.1) is 12.6 Å². The van der Waals surface area contributed by atoms with Crippen molar-refractivity contribution in [1.82, 2.24) is 4.98 Å². The van der Waals surface area contributed by atoms with E-state index in [9.17, 15) is 5.11 Å². The maximum absolute atomic E-state index is 9.33. The molecule has 1 aliphatic heterocycles. The minimum absolute atomic E-state index is 0.212. The smallest absolute Gasteiger partial charge is 0.131 e. The lowest BCUT2D eigenvalue weighted by atomic mass is 10.2. The molecular formula is C13H21N3O. The van der Waals surface area contributed by atoms with Crippen LogP contribution in [0.2, 0.25) is 0 Å². The van der Waals surface area contributed by atoms with Crippen molar-refractivity contribution in [3.05, 3.63) is 18.2 Å². The van der Waals surface area contributed by atoms with E-state index in [-0.39, 0.29) is 12.6 Å². The van der Waals surface area contributed by atoms with Crippen LogP contribution in [0.1, 0.15) is 26.7 Å². The summed E-state index contributed by atoms with van der Waals surface area (Å²) in [6.45, 7) is 5.40. The highest BCUT2D eigenvalue weighted by Crippen LogP contribution is 2.24. The Morgan fingerprint density at radius 1 is 1.53 bits per heavy atom. The van der Waals surface area contributed by atoms with Gasteiger partial charge in [0.1, 0.15) is 11.6 Å². The number of rotatable bonds is 4. The number of nitrogens with zero attached hydrogens (tertiary/aromatic N) is 2. The van der Waals surface area contributed by atoms with Crippen LogP contribution < -0.4 is 10.2 Å². The number of nitrogens with one attached hydrogen (secondary N) is 1. The highest BCUT2D eigenvalue weighted by molar-refractivity contribution is 5.48. The average Bonchev–Trinajstić information content (AvgIpc) is 2.76. The summed E-state index contributed by atoms with van der Waals surface area (Å²) >= 11 is 0. The molecule has 4 heteroatoms. The minimum atomic E-state index is 0.212. The molecule has 2 N–H and O–H groups in total. The number of hydrogen-bond acceptors (Lipinski definition) is 4. The number of pyridine rings is 1. The highest BCUT2D eigenvalue weighted by Gasteiger charge is 2.24. The number of anilines is 2. The van der Waals surface area contributed by atoms with E-state index in [0.29, 0.717) is 6.04 Å². The molecule has 0 aliphatic carbocycles. The van der Waals surface area contributed by atoms with Gasteiger partial charge in [-0.25, -0.2) is 4.98 Å². The SMILES string of the molecule is CC(C)Nc1cccc(N2CCC[C@@H]2CO)n1. The molecule has 0 radical (unpaired) electrons. The van der Waals surface area contributed by atoms with E-state index in [4.69, 9.17) is 0 Å². The zero-order chi connectivity index (χ0) is 12.3. The van der Waals surface area contributed by atoms with Crippen molar-refractivity contribution >= 4 is 11.6 Å². The number of aliphatic hydroxyl groups is 1. The van der Waals surface area contributed by atoms with Crippen LogP contribution in [0.4, 0.5) is 11.6 Å². The third-order valence-corrected chi connectivity index (χ3v) is 3.05. The summed E-state index contributed by atoms with van der Waals surface area (Å²) in [5.41, 5.74) is 0. The fourth-order valence-corrected chi connectivity index (χ4v) is 2.29. The summed E-state index contributed by atoms with van der Waals surface area (Å²) in [6.07, 6.45) is 2.19. The molecule has 0 amide bonds. The van der Waals surface area contributed by atoms with Gasteiger partial charge in [-0.15, -0.1) is 0 Å². The maximum Gasteiger partial charge on any atom is 0.131 e. The van der Waals surface area contributed by atoms with Crippen LogP contribution in [0.15, 0.2) is 18.2 Å². The predicted molar refractivity (Wildman–Crippen MR) is 70.4 cm³/mol. The Kier molecular flexibility index (Phi) is 3.84. The van der Waals surface area contributed by atoms with Crippen molar-refractivity contribution in [2.75, 3.05) is 23.4 Å². The molecule has 0 unspecified atom stereocenters. The quantitative estimate of drug-likeness (QED) is 0.836. The van der Waals surface area contributed by atoms with Gasteiger partial charge < -0.3 is 15.3 Å². The normalized spacial score (nSPS) is 20.0. The molecule has 1 aromatic rings. The van der Waals surface area contributed by atoms with Gasteiger partial charge in [0.25, 0.3) is 0 Å². The lowest BCUT2D eigenvalue weighted by Gasteiger charge is -2.24. The van der Waals surface area contributed by atoms with E-state index < -0.39 is 0 Å². The van der Waals surface area contributed by atoms with E-state index in [1.54, 1.807) is 0 Å².